The topological polar surface area (TPSA) is 14.7 Å². The van der Waals surface area contributed by atoms with Crippen molar-refractivity contribution in [2.45, 2.75) is 20.8 Å². The molecule has 1 heterocycles. The zero-order chi connectivity index (χ0) is 41.3. The van der Waals surface area contributed by atoms with Crippen LogP contribution in [0.15, 0.2) is 224 Å². The number of nitrogens with zero attached hydrogens (tertiary/aromatic N) is 4. The molecule has 0 N–H and O–H groups in total. The van der Waals surface area contributed by atoms with Gasteiger partial charge in [0.15, 0.2) is 0 Å². The first-order valence-corrected chi connectivity index (χ1v) is 20.9. The molecule has 0 saturated carbocycles. The second-order valence-corrected chi connectivity index (χ2v) is 15.8. The number of benzene rings is 9. The fraction of sp³-hybridized carbons (Fsp3) is 0.0526. The maximum atomic E-state index is 2.42. The van der Waals surface area contributed by atoms with Gasteiger partial charge in [0.1, 0.15) is 0 Å². The molecule has 4 heteroatoms. The Morgan fingerprint density at radius 1 is 0.262 bits per heavy atom. The van der Waals surface area contributed by atoms with E-state index in [1.807, 2.05) is 0 Å². The Bertz CT molecular complexity index is 2970. The molecule has 0 aliphatic rings. The van der Waals surface area contributed by atoms with Crippen LogP contribution in [0.3, 0.4) is 0 Å². The molecule has 9 aromatic carbocycles. The van der Waals surface area contributed by atoms with Crippen molar-refractivity contribution in [3.8, 4) is 5.69 Å². The van der Waals surface area contributed by atoms with E-state index < -0.39 is 0 Å². The summed E-state index contributed by atoms with van der Waals surface area (Å²) in [7, 11) is 0. The summed E-state index contributed by atoms with van der Waals surface area (Å²) in [5.74, 6) is 0. The molecule has 294 valence electrons. The van der Waals surface area contributed by atoms with Gasteiger partial charge in [0.05, 0.1) is 11.0 Å². The van der Waals surface area contributed by atoms with Gasteiger partial charge < -0.3 is 19.3 Å². The van der Waals surface area contributed by atoms with E-state index in [1.165, 1.54) is 27.5 Å². The van der Waals surface area contributed by atoms with Crippen molar-refractivity contribution < 1.29 is 0 Å². The smallest absolute Gasteiger partial charge is 0.0542 e. The van der Waals surface area contributed by atoms with Crippen LogP contribution in [0.4, 0.5) is 51.2 Å². The molecule has 0 spiro atoms. The minimum Gasteiger partial charge on any atom is -0.310 e. The highest BCUT2D eigenvalue weighted by Crippen LogP contribution is 2.43. The largest absolute Gasteiger partial charge is 0.310 e. The molecule has 0 aliphatic heterocycles. The second kappa shape index (κ2) is 16.1. The molecule has 0 saturated heterocycles. The van der Waals surface area contributed by atoms with Crippen molar-refractivity contribution in [2.75, 3.05) is 14.7 Å². The van der Waals surface area contributed by atoms with Crippen molar-refractivity contribution in [2.24, 2.45) is 0 Å². The zero-order valence-electron chi connectivity index (χ0n) is 34.7. The molecule has 10 aromatic rings. The first kappa shape index (κ1) is 37.5. The zero-order valence-corrected chi connectivity index (χ0v) is 34.7. The lowest BCUT2D eigenvalue weighted by molar-refractivity contribution is 1.17. The third-order valence-electron chi connectivity index (χ3n) is 11.4. The van der Waals surface area contributed by atoms with Gasteiger partial charge in [0.2, 0.25) is 0 Å². The Morgan fingerprint density at radius 3 is 0.918 bits per heavy atom. The van der Waals surface area contributed by atoms with Crippen LogP contribution >= 0.6 is 0 Å². The van der Waals surface area contributed by atoms with E-state index in [0.717, 1.165) is 67.9 Å². The Morgan fingerprint density at radius 2 is 0.557 bits per heavy atom. The van der Waals surface area contributed by atoms with Crippen molar-refractivity contribution in [1.29, 1.82) is 0 Å². The highest BCUT2D eigenvalue weighted by Gasteiger charge is 2.21. The monoisotopic (exact) mass is 786 g/mol. The van der Waals surface area contributed by atoms with Gasteiger partial charge in [-0.2, -0.15) is 0 Å². The molecule has 0 atom stereocenters. The second-order valence-electron chi connectivity index (χ2n) is 15.8. The lowest BCUT2D eigenvalue weighted by Gasteiger charge is -2.26. The quantitative estimate of drug-likeness (QED) is 0.137. The van der Waals surface area contributed by atoms with Gasteiger partial charge in [-0.15, -0.1) is 0 Å². The summed E-state index contributed by atoms with van der Waals surface area (Å²) >= 11 is 0. The summed E-state index contributed by atoms with van der Waals surface area (Å²) in [5, 5.41) is 2.35. The van der Waals surface area contributed by atoms with Crippen molar-refractivity contribution >= 4 is 73.0 Å². The average Bonchev–Trinajstić information content (AvgIpc) is 3.61. The maximum absolute atomic E-state index is 2.42. The Hall–Kier alpha value is -7.82. The molecule has 61 heavy (non-hydrogen) atoms. The first-order chi connectivity index (χ1) is 30.0. The van der Waals surface area contributed by atoms with Gasteiger partial charge in [-0.25, -0.2) is 0 Å². The van der Waals surface area contributed by atoms with Crippen molar-refractivity contribution in [3.63, 3.8) is 0 Å². The minimum atomic E-state index is 1.10. The molecule has 0 aliphatic carbocycles. The van der Waals surface area contributed by atoms with E-state index in [2.05, 4.69) is 264 Å². The van der Waals surface area contributed by atoms with Crippen LogP contribution in [-0.2, 0) is 0 Å². The highest BCUT2D eigenvalue weighted by atomic mass is 15.2. The van der Waals surface area contributed by atoms with Crippen LogP contribution in [0.1, 0.15) is 16.7 Å². The van der Waals surface area contributed by atoms with Crippen LogP contribution < -0.4 is 14.7 Å². The van der Waals surface area contributed by atoms with Gasteiger partial charge in [0, 0.05) is 67.6 Å². The molecule has 10 rings (SSSR count). The standard InChI is InChI=1S/C57H46N4/c1-41-16-13-25-49(36-41)58(44-19-7-4-8-20-44)47-28-30-48(31-29-47)61-56-34-32-52(59(45-21-9-5-10-22-45)50-26-14-17-42(2)37-50)39-54(56)55-40-53(33-35-57(55)61)60(46-23-11-6-12-24-46)51-27-15-18-43(3)38-51/h4-40H,1-3H3. The molecule has 0 unspecified atom stereocenters. The summed E-state index contributed by atoms with van der Waals surface area (Å²) < 4.78 is 2.42. The summed E-state index contributed by atoms with van der Waals surface area (Å²) in [6.07, 6.45) is 0. The lowest BCUT2D eigenvalue weighted by atomic mass is 10.1. The fourth-order valence-electron chi connectivity index (χ4n) is 8.68. The Balaban J connectivity index is 1.18. The van der Waals surface area contributed by atoms with E-state index in [9.17, 15) is 0 Å². The minimum absolute atomic E-state index is 1.10. The van der Waals surface area contributed by atoms with Crippen LogP contribution in [-0.4, -0.2) is 4.57 Å². The van der Waals surface area contributed by atoms with Crippen LogP contribution in [0.5, 0.6) is 0 Å². The number of para-hydroxylation sites is 3. The SMILES string of the molecule is Cc1cccc(N(c2ccccc2)c2ccc(-n3c4ccc(N(c5ccccc5)c5cccc(C)c5)cc4c4cc(N(c5ccccc5)c5cccc(C)c5)ccc43)cc2)c1. The van der Waals surface area contributed by atoms with Crippen LogP contribution in [0.2, 0.25) is 0 Å². The molecule has 0 amide bonds. The Labute approximate surface area is 358 Å². The number of rotatable bonds is 10. The predicted molar refractivity (Wildman–Crippen MR) is 259 cm³/mol. The summed E-state index contributed by atoms with van der Waals surface area (Å²) in [6, 6.07) is 81.0. The Kier molecular flexibility index (Phi) is 9.88. The summed E-state index contributed by atoms with van der Waals surface area (Å²) in [5.41, 5.74) is 17.0. The van der Waals surface area contributed by atoms with Gasteiger partial charge in [-0.05, 0) is 171 Å². The number of fused-ring (bicyclic) bond motifs is 3. The highest BCUT2D eigenvalue weighted by molar-refractivity contribution is 6.12. The summed E-state index contributed by atoms with van der Waals surface area (Å²) in [4.78, 5) is 7.05. The number of aryl methyl sites for hydroxylation is 3. The van der Waals surface area contributed by atoms with Gasteiger partial charge in [0.25, 0.3) is 0 Å². The fourth-order valence-corrected chi connectivity index (χ4v) is 8.68. The number of anilines is 9. The predicted octanol–water partition coefficient (Wildman–Crippen LogP) is 16.1. The maximum Gasteiger partial charge on any atom is 0.0542 e. The van der Waals surface area contributed by atoms with E-state index >= 15 is 0 Å². The lowest BCUT2D eigenvalue weighted by Crippen LogP contribution is -2.10. The molecular formula is C57H46N4. The molecule has 0 radical (unpaired) electrons. The van der Waals surface area contributed by atoms with Gasteiger partial charge in [-0.1, -0.05) is 91.0 Å². The first-order valence-electron chi connectivity index (χ1n) is 20.9. The molecule has 0 fully saturated rings. The molecular weight excluding hydrogens is 741 g/mol. The van der Waals surface area contributed by atoms with E-state index in [1.54, 1.807) is 0 Å². The third-order valence-corrected chi connectivity index (χ3v) is 11.4. The van der Waals surface area contributed by atoms with Crippen molar-refractivity contribution in [3.05, 3.63) is 241 Å². The van der Waals surface area contributed by atoms with Gasteiger partial charge >= 0.3 is 0 Å². The molecule has 0 bridgehead atoms. The van der Waals surface area contributed by atoms with E-state index in [0.29, 0.717) is 0 Å². The molecule has 1 aromatic heterocycles. The number of hydrogen-bond donors (Lipinski definition) is 0. The normalized spacial score (nSPS) is 11.2. The molecule has 4 nitrogen and oxygen atoms in total. The van der Waals surface area contributed by atoms with Crippen LogP contribution in [0.25, 0.3) is 27.5 Å². The summed E-state index contributed by atoms with van der Waals surface area (Å²) in [6.45, 7) is 6.46. The van der Waals surface area contributed by atoms with Crippen molar-refractivity contribution in [1.82, 2.24) is 4.57 Å². The van der Waals surface area contributed by atoms with E-state index in [-0.39, 0.29) is 0 Å². The van der Waals surface area contributed by atoms with Crippen LogP contribution in [0, 0.1) is 20.8 Å². The van der Waals surface area contributed by atoms with Gasteiger partial charge in [-0.3, -0.25) is 0 Å². The van der Waals surface area contributed by atoms with E-state index in [4.69, 9.17) is 0 Å². The average molecular weight is 787 g/mol. The third kappa shape index (κ3) is 7.30. The number of hydrogen-bond acceptors (Lipinski definition) is 3. The number of aromatic nitrogens is 1.